The zero-order valence-electron chi connectivity index (χ0n) is 18.8. The van der Waals surface area contributed by atoms with Gasteiger partial charge >= 0.3 is 0 Å². The van der Waals surface area contributed by atoms with Crippen LogP contribution in [0.2, 0.25) is 0 Å². The van der Waals surface area contributed by atoms with Gasteiger partial charge in [-0.15, -0.1) is 22.0 Å². The monoisotopic (exact) mass is 483 g/mol. The van der Waals surface area contributed by atoms with Crippen molar-refractivity contribution in [2.75, 3.05) is 49.3 Å². The fourth-order valence-corrected chi connectivity index (χ4v) is 5.00. The van der Waals surface area contributed by atoms with Gasteiger partial charge in [-0.1, -0.05) is 59.8 Å². The molecule has 0 radical (unpaired) electrons. The third-order valence-corrected chi connectivity index (χ3v) is 7.20. The molecular formula is C24H29N5O2S2. The molecule has 0 atom stereocenters. The lowest BCUT2D eigenvalue weighted by molar-refractivity contribution is -0.118. The first kappa shape index (κ1) is 23.7. The Morgan fingerprint density at radius 2 is 1.79 bits per heavy atom. The van der Waals surface area contributed by atoms with Gasteiger partial charge in [0.15, 0.2) is 5.16 Å². The minimum Gasteiger partial charge on any atom is -0.378 e. The van der Waals surface area contributed by atoms with E-state index >= 15 is 0 Å². The predicted molar refractivity (Wildman–Crippen MR) is 134 cm³/mol. The van der Waals surface area contributed by atoms with E-state index in [0.29, 0.717) is 32.1 Å². The SMILES string of the molecule is Cc1ccc(SCCNC(=O)CSc2nnc(N3CCOCC3)n2Cc2ccccc2)cc1. The summed E-state index contributed by atoms with van der Waals surface area (Å²) in [4.78, 5) is 15.8. The number of nitrogens with one attached hydrogen (secondary N) is 1. The molecule has 0 unspecified atom stereocenters. The van der Waals surface area contributed by atoms with Gasteiger partial charge in [0.2, 0.25) is 11.9 Å². The topological polar surface area (TPSA) is 72.3 Å². The fraction of sp³-hybridized carbons (Fsp3) is 0.375. The van der Waals surface area contributed by atoms with E-state index in [4.69, 9.17) is 4.74 Å². The fourth-order valence-electron chi connectivity index (χ4n) is 3.46. The van der Waals surface area contributed by atoms with Crippen molar-refractivity contribution in [1.82, 2.24) is 20.1 Å². The maximum atomic E-state index is 12.4. The van der Waals surface area contributed by atoms with Gasteiger partial charge in [-0.2, -0.15) is 0 Å². The first-order valence-corrected chi connectivity index (χ1v) is 13.0. The van der Waals surface area contributed by atoms with Crippen molar-refractivity contribution in [3.05, 3.63) is 65.7 Å². The van der Waals surface area contributed by atoms with Crippen molar-refractivity contribution < 1.29 is 9.53 Å². The number of hydrogen-bond donors (Lipinski definition) is 1. The number of anilines is 1. The molecule has 0 bridgehead atoms. The minimum atomic E-state index is 0.00619. The lowest BCUT2D eigenvalue weighted by Crippen LogP contribution is -2.38. The zero-order valence-corrected chi connectivity index (χ0v) is 20.4. The molecule has 0 aliphatic carbocycles. The number of thioether (sulfide) groups is 2. The van der Waals surface area contributed by atoms with E-state index in [-0.39, 0.29) is 5.91 Å². The van der Waals surface area contributed by atoms with Crippen molar-refractivity contribution in [2.45, 2.75) is 23.5 Å². The molecular weight excluding hydrogens is 454 g/mol. The number of benzene rings is 2. The van der Waals surface area contributed by atoms with E-state index in [2.05, 4.69) is 68.3 Å². The van der Waals surface area contributed by atoms with Gasteiger partial charge in [-0.3, -0.25) is 9.36 Å². The summed E-state index contributed by atoms with van der Waals surface area (Å²) in [5.41, 5.74) is 2.42. The number of hydrogen-bond acceptors (Lipinski definition) is 7. The Kier molecular flexibility index (Phi) is 8.68. The quantitative estimate of drug-likeness (QED) is 0.350. The summed E-state index contributed by atoms with van der Waals surface area (Å²) in [5, 5.41) is 12.6. The summed E-state index contributed by atoms with van der Waals surface area (Å²) in [6.07, 6.45) is 0. The zero-order chi connectivity index (χ0) is 22.9. The third kappa shape index (κ3) is 6.99. The first-order chi connectivity index (χ1) is 16.2. The molecule has 1 aromatic heterocycles. The van der Waals surface area contributed by atoms with E-state index in [1.165, 1.54) is 27.8 Å². The lowest BCUT2D eigenvalue weighted by Gasteiger charge is -2.28. The van der Waals surface area contributed by atoms with Crippen molar-refractivity contribution >= 4 is 35.4 Å². The molecule has 7 nitrogen and oxygen atoms in total. The summed E-state index contributed by atoms with van der Waals surface area (Å²) in [5.74, 6) is 1.99. The highest BCUT2D eigenvalue weighted by Gasteiger charge is 2.21. The van der Waals surface area contributed by atoms with E-state index in [1.807, 2.05) is 18.2 Å². The van der Waals surface area contributed by atoms with Crippen molar-refractivity contribution in [3.63, 3.8) is 0 Å². The summed E-state index contributed by atoms with van der Waals surface area (Å²) in [7, 11) is 0. The number of aryl methyl sites for hydroxylation is 1. The molecule has 1 fully saturated rings. The molecule has 33 heavy (non-hydrogen) atoms. The van der Waals surface area contributed by atoms with Crippen LogP contribution in [0.25, 0.3) is 0 Å². The number of rotatable bonds is 10. The number of carbonyl (C=O) groups excluding carboxylic acids is 1. The number of morpholine rings is 1. The van der Waals surface area contributed by atoms with Crippen LogP contribution in [0, 0.1) is 6.92 Å². The van der Waals surface area contributed by atoms with Crippen LogP contribution in [0.3, 0.4) is 0 Å². The van der Waals surface area contributed by atoms with Crippen LogP contribution in [0.15, 0.2) is 64.6 Å². The second-order valence-corrected chi connectivity index (χ2v) is 9.86. The smallest absolute Gasteiger partial charge is 0.230 e. The van der Waals surface area contributed by atoms with Crippen LogP contribution >= 0.6 is 23.5 Å². The van der Waals surface area contributed by atoms with Crippen LogP contribution in [-0.2, 0) is 16.1 Å². The molecule has 1 amide bonds. The Morgan fingerprint density at radius 3 is 2.55 bits per heavy atom. The Labute approximate surface area is 203 Å². The van der Waals surface area contributed by atoms with Gasteiger partial charge in [0, 0.05) is 30.3 Å². The van der Waals surface area contributed by atoms with Crippen molar-refractivity contribution in [1.29, 1.82) is 0 Å². The largest absolute Gasteiger partial charge is 0.378 e. The van der Waals surface area contributed by atoms with Gasteiger partial charge < -0.3 is 15.0 Å². The van der Waals surface area contributed by atoms with E-state index in [0.717, 1.165) is 29.9 Å². The number of nitrogens with zero attached hydrogens (tertiary/aromatic N) is 4. The molecule has 1 N–H and O–H groups in total. The van der Waals surface area contributed by atoms with Gasteiger partial charge in [0.05, 0.1) is 25.5 Å². The number of ether oxygens (including phenoxy) is 1. The van der Waals surface area contributed by atoms with E-state index in [9.17, 15) is 4.79 Å². The Bertz CT molecular complexity index is 1020. The van der Waals surface area contributed by atoms with E-state index < -0.39 is 0 Å². The van der Waals surface area contributed by atoms with Crippen LogP contribution in [0.4, 0.5) is 5.95 Å². The maximum absolute atomic E-state index is 12.4. The molecule has 9 heteroatoms. The van der Waals surface area contributed by atoms with Crippen LogP contribution in [-0.4, -0.2) is 65.0 Å². The molecule has 1 aliphatic heterocycles. The Balaban J connectivity index is 1.32. The van der Waals surface area contributed by atoms with Gasteiger partial charge in [-0.05, 0) is 24.6 Å². The highest BCUT2D eigenvalue weighted by molar-refractivity contribution is 7.99. The van der Waals surface area contributed by atoms with Gasteiger partial charge in [0.25, 0.3) is 0 Å². The van der Waals surface area contributed by atoms with Crippen LogP contribution in [0.5, 0.6) is 0 Å². The number of amides is 1. The van der Waals surface area contributed by atoms with Crippen molar-refractivity contribution in [3.8, 4) is 0 Å². The average molecular weight is 484 g/mol. The predicted octanol–water partition coefficient (Wildman–Crippen LogP) is 3.47. The van der Waals surface area contributed by atoms with Gasteiger partial charge in [0.1, 0.15) is 0 Å². The molecule has 3 aromatic rings. The average Bonchev–Trinajstić information content (AvgIpc) is 3.25. The van der Waals surface area contributed by atoms with E-state index in [1.54, 1.807) is 11.8 Å². The Morgan fingerprint density at radius 1 is 1.03 bits per heavy atom. The second kappa shape index (κ2) is 12.1. The summed E-state index contributed by atoms with van der Waals surface area (Å²) in [6, 6.07) is 18.7. The highest BCUT2D eigenvalue weighted by atomic mass is 32.2. The minimum absolute atomic E-state index is 0.00619. The standard InChI is InChI=1S/C24H29N5O2S2/c1-19-7-9-21(10-8-19)32-16-11-25-22(30)18-33-24-27-26-23(28-12-14-31-15-13-28)29(24)17-20-5-3-2-4-6-20/h2-10H,11-18H2,1H3,(H,25,30). The maximum Gasteiger partial charge on any atom is 0.230 e. The second-order valence-electron chi connectivity index (χ2n) is 7.75. The molecule has 2 aromatic carbocycles. The Hall–Kier alpha value is -2.49. The van der Waals surface area contributed by atoms with Gasteiger partial charge in [-0.25, -0.2) is 0 Å². The molecule has 174 valence electrons. The first-order valence-electron chi connectivity index (χ1n) is 11.1. The van der Waals surface area contributed by atoms with Crippen LogP contribution < -0.4 is 10.2 Å². The summed E-state index contributed by atoms with van der Waals surface area (Å²) >= 11 is 3.17. The third-order valence-electron chi connectivity index (χ3n) is 5.22. The highest BCUT2D eigenvalue weighted by Crippen LogP contribution is 2.24. The number of carbonyl (C=O) groups is 1. The van der Waals surface area contributed by atoms with Crippen molar-refractivity contribution in [2.24, 2.45) is 0 Å². The molecule has 4 rings (SSSR count). The molecule has 2 heterocycles. The molecule has 1 saturated heterocycles. The molecule has 0 spiro atoms. The normalized spacial score (nSPS) is 13.8. The molecule has 1 aliphatic rings. The van der Waals surface area contributed by atoms with Crippen LogP contribution in [0.1, 0.15) is 11.1 Å². The lowest BCUT2D eigenvalue weighted by atomic mass is 10.2. The summed E-state index contributed by atoms with van der Waals surface area (Å²) < 4.78 is 7.59. The summed E-state index contributed by atoms with van der Waals surface area (Å²) in [6.45, 7) is 6.32. The number of aromatic nitrogens is 3. The molecule has 0 saturated carbocycles.